The highest BCUT2D eigenvalue weighted by Crippen LogP contribution is 2.25. The molecule has 0 heterocycles. The van der Waals surface area contributed by atoms with Crippen LogP contribution in [0.3, 0.4) is 0 Å². The van der Waals surface area contributed by atoms with Crippen LogP contribution in [-0.4, -0.2) is 40.0 Å². The Bertz CT molecular complexity index is 500. The van der Waals surface area contributed by atoms with Gasteiger partial charge in [-0.05, 0) is 33.3 Å². The number of amides is 1. The van der Waals surface area contributed by atoms with Crippen LogP contribution in [0.5, 0.6) is 0 Å². The van der Waals surface area contributed by atoms with Crippen LogP contribution in [-0.2, 0) is 0 Å². The summed E-state index contributed by atoms with van der Waals surface area (Å²) in [4.78, 5) is 24.7. The van der Waals surface area contributed by atoms with Crippen molar-refractivity contribution in [2.24, 2.45) is 0 Å². The third-order valence-corrected chi connectivity index (χ3v) is 3.09. The molecule has 110 valence electrons. The average Bonchev–Trinajstić information content (AvgIpc) is 2.37. The second-order valence-corrected chi connectivity index (χ2v) is 4.90. The fourth-order valence-corrected chi connectivity index (χ4v) is 2.06. The highest BCUT2D eigenvalue weighted by Gasteiger charge is 2.27. The van der Waals surface area contributed by atoms with E-state index in [1.54, 1.807) is 19.1 Å². The number of carbonyl (C=O) groups is 1. The van der Waals surface area contributed by atoms with Crippen LogP contribution in [0.4, 0.5) is 5.69 Å². The van der Waals surface area contributed by atoms with Crippen molar-refractivity contribution >= 4 is 11.6 Å². The van der Waals surface area contributed by atoms with Gasteiger partial charge in [-0.1, -0.05) is 12.1 Å². The van der Waals surface area contributed by atoms with Crippen molar-refractivity contribution in [3.05, 3.63) is 39.4 Å². The van der Waals surface area contributed by atoms with Crippen molar-refractivity contribution < 1.29 is 14.8 Å². The summed E-state index contributed by atoms with van der Waals surface area (Å²) in [6.45, 7) is 5.65. The lowest BCUT2D eigenvalue weighted by Crippen LogP contribution is -2.38. The van der Waals surface area contributed by atoms with Crippen LogP contribution >= 0.6 is 0 Å². The molecule has 0 spiro atoms. The van der Waals surface area contributed by atoms with Gasteiger partial charge in [0.2, 0.25) is 0 Å². The number of rotatable bonds is 6. The monoisotopic (exact) mass is 280 g/mol. The normalized spacial score (nSPS) is 10.7. The average molecular weight is 280 g/mol. The van der Waals surface area contributed by atoms with Crippen LogP contribution in [0.15, 0.2) is 18.2 Å². The SMILES string of the molecule is Cc1cccc(C(=O)N(CCCO)C(C)C)c1[N+](=O)[O-]. The van der Waals surface area contributed by atoms with Gasteiger partial charge in [-0.15, -0.1) is 0 Å². The Labute approximate surface area is 118 Å². The third-order valence-electron chi connectivity index (χ3n) is 3.09. The molecule has 0 aliphatic carbocycles. The molecule has 6 nitrogen and oxygen atoms in total. The van der Waals surface area contributed by atoms with Gasteiger partial charge < -0.3 is 10.0 Å². The molecular formula is C14H20N2O4. The second-order valence-electron chi connectivity index (χ2n) is 4.90. The van der Waals surface area contributed by atoms with Gasteiger partial charge in [0.05, 0.1) is 4.92 Å². The van der Waals surface area contributed by atoms with E-state index in [0.29, 0.717) is 18.5 Å². The van der Waals surface area contributed by atoms with Crippen molar-refractivity contribution in [3.63, 3.8) is 0 Å². The molecule has 6 heteroatoms. The van der Waals surface area contributed by atoms with E-state index in [2.05, 4.69) is 0 Å². The number of nitro groups is 1. The van der Waals surface area contributed by atoms with Crippen LogP contribution in [0.2, 0.25) is 0 Å². The molecule has 1 aromatic carbocycles. The Kier molecular flexibility index (Phi) is 5.64. The quantitative estimate of drug-likeness (QED) is 0.639. The summed E-state index contributed by atoms with van der Waals surface area (Å²) >= 11 is 0. The predicted molar refractivity (Wildman–Crippen MR) is 75.7 cm³/mol. The molecule has 0 aliphatic rings. The topological polar surface area (TPSA) is 83.7 Å². The minimum absolute atomic E-state index is 0.0214. The van der Waals surface area contributed by atoms with Gasteiger partial charge in [0.25, 0.3) is 11.6 Å². The summed E-state index contributed by atoms with van der Waals surface area (Å²) in [5, 5.41) is 20.0. The molecule has 0 bridgehead atoms. The summed E-state index contributed by atoms with van der Waals surface area (Å²) in [6, 6.07) is 4.64. The zero-order chi connectivity index (χ0) is 15.3. The van der Waals surface area contributed by atoms with Crippen molar-refractivity contribution in [1.82, 2.24) is 4.90 Å². The number of hydrogen-bond acceptors (Lipinski definition) is 4. The molecule has 0 saturated carbocycles. The van der Waals surface area contributed by atoms with E-state index in [9.17, 15) is 14.9 Å². The molecule has 0 atom stereocenters. The fourth-order valence-electron chi connectivity index (χ4n) is 2.06. The largest absolute Gasteiger partial charge is 0.396 e. The lowest BCUT2D eigenvalue weighted by Gasteiger charge is -2.26. The number of aliphatic hydroxyl groups excluding tert-OH is 1. The van der Waals surface area contributed by atoms with E-state index < -0.39 is 4.92 Å². The molecule has 1 amide bonds. The smallest absolute Gasteiger partial charge is 0.285 e. The van der Waals surface area contributed by atoms with Crippen molar-refractivity contribution in [1.29, 1.82) is 0 Å². The maximum absolute atomic E-state index is 12.5. The number of carbonyl (C=O) groups excluding carboxylic acids is 1. The van der Waals surface area contributed by atoms with E-state index in [1.807, 2.05) is 13.8 Å². The molecular weight excluding hydrogens is 260 g/mol. The van der Waals surface area contributed by atoms with E-state index in [4.69, 9.17) is 5.11 Å². The number of nitro benzene ring substituents is 1. The van der Waals surface area contributed by atoms with Gasteiger partial charge in [0.15, 0.2) is 0 Å². The Morgan fingerprint density at radius 1 is 1.45 bits per heavy atom. The zero-order valence-corrected chi connectivity index (χ0v) is 12.0. The Morgan fingerprint density at radius 2 is 2.10 bits per heavy atom. The number of benzene rings is 1. The minimum atomic E-state index is -0.521. The zero-order valence-electron chi connectivity index (χ0n) is 12.0. The highest BCUT2D eigenvalue weighted by atomic mass is 16.6. The molecule has 1 N–H and O–H groups in total. The predicted octanol–water partition coefficient (Wildman–Crippen LogP) is 2.14. The van der Waals surface area contributed by atoms with Gasteiger partial charge in [0, 0.05) is 24.8 Å². The first kappa shape index (κ1) is 16.1. The van der Waals surface area contributed by atoms with E-state index in [0.717, 1.165) is 0 Å². The van der Waals surface area contributed by atoms with Gasteiger partial charge in [-0.3, -0.25) is 14.9 Å². The number of aryl methyl sites for hydroxylation is 1. The Hall–Kier alpha value is -1.95. The van der Waals surface area contributed by atoms with Gasteiger partial charge in [-0.25, -0.2) is 0 Å². The summed E-state index contributed by atoms with van der Waals surface area (Å²) in [5.41, 5.74) is 0.417. The second kappa shape index (κ2) is 7.00. The van der Waals surface area contributed by atoms with E-state index >= 15 is 0 Å². The van der Waals surface area contributed by atoms with Crippen molar-refractivity contribution in [2.75, 3.05) is 13.2 Å². The standard InChI is InChI=1S/C14H20N2O4/c1-10(2)15(8-5-9-17)14(18)12-7-4-6-11(3)13(12)16(19)20/h4,6-7,10,17H,5,8-9H2,1-3H3. The molecule has 0 fully saturated rings. The van der Waals surface area contributed by atoms with Gasteiger partial charge in [-0.2, -0.15) is 0 Å². The molecule has 0 aromatic heterocycles. The third kappa shape index (κ3) is 3.54. The molecule has 0 aliphatic heterocycles. The lowest BCUT2D eigenvalue weighted by molar-refractivity contribution is -0.385. The number of hydrogen-bond donors (Lipinski definition) is 1. The minimum Gasteiger partial charge on any atom is -0.396 e. The molecule has 20 heavy (non-hydrogen) atoms. The maximum Gasteiger partial charge on any atom is 0.285 e. The van der Waals surface area contributed by atoms with Crippen LogP contribution in [0.1, 0.15) is 36.2 Å². The summed E-state index contributed by atoms with van der Waals surface area (Å²) in [7, 11) is 0. The van der Waals surface area contributed by atoms with Crippen molar-refractivity contribution in [2.45, 2.75) is 33.2 Å². The number of aliphatic hydroxyl groups is 1. The summed E-state index contributed by atoms with van der Waals surface area (Å²) in [6.07, 6.45) is 0.448. The lowest BCUT2D eigenvalue weighted by atomic mass is 10.1. The summed E-state index contributed by atoms with van der Waals surface area (Å²) in [5.74, 6) is -0.371. The van der Waals surface area contributed by atoms with E-state index in [1.165, 1.54) is 11.0 Å². The number of nitrogens with zero attached hydrogens (tertiary/aromatic N) is 2. The Morgan fingerprint density at radius 3 is 2.60 bits per heavy atom. The van der Waals surface area contributed by atoms with Crippen LogP contribution < -0.4 is 0 Å². The molecule has 1 rings (SSSR count). The maximum atomic E-state index is 12.5. The fraction of sp³-hybridized carbons (Fsp3) is 0.500. The number of para-hydroxylation sites is 1. The van der Waals surface area contributed by atoms with E-state index in [-0.39, 0.29) is 29.8 Å². The summed E-state index contributed by atoms with van der Waals surface area (Å²) < 4.78 is 0. The highest BCUT2D eigenvalue weighted by molar-refractivity contribution is 5.98. The van der Waals surface area contributed by atoms with Gasteiger partial charge >= 0.3 is 0 Å². The van der Waals surface area contributed by atoms with Crippen LogP contribution in [0.25, 0.3) is 0 Å². The molecule has 0 unspecified atom stereocenters. The Balaban J connectivity index is 3.18. The molecule has 0 radical (unpaired) electrons. The molecule has 1 aromatic rings. The first-order chi connectivity index (χ1) is 9.40. The first-order valence-electron chi connectivity index (χ1n) is 6.56. The molecule has 0 saturated heterocycles. The van der Waals surface area contributed by atoms with Gasteiger partial charge in [0.1, 0.15) is 5.56 Å². The van der Waals surface area contributed by atoms with Crippen molar-refractivity contribution in [3.8, 4) is 0 Å². The van der Waals surface area contributed by atoms with Crippen LogP contribution in [0, 0.1) is 17.0 Å². The first-order valence-corrected chi connectivity index (χ1v) is 6.56.